The third-order valence-corrected chi connectivity index (χ3v) is 24.2. The van der Waals surface area contributed by atoms with Crippen molar-refractivity contribution in [2.24, 2.45) is 57.7 Å². The van der Waals surface area contributed by atoms with E-state index in [1.54, 1.807) is 41.5 Å². The van der Waals surface area contributed by atoms with Gasteiger partial charge in [0.25, 0.3) is 30.4 Å². The summed E-state index contributed by atoms with van der Waals surface area (Å²) in [6.07, 6.45) is -11.9. The quantitative estimate of drug-likeness (QED) is 0.0478. The molecule has 32 heteroatoms. The average Bonchev–Trinajstić information content (AvgIpc) is 2.68. The molecule has 0 aromatic rings. The van der Waals surface area contributed by atoms with Crippen molar-refractivity contribution >= 4 is 66.7 Å². The maximum atomic E-state index is 13.5. The van der Waals surface area contributed by atoms with Crippen LogP contribution in [0.2, 0.25) is 0 Å². The van der Waals surface area contributed by atoms with Gasteiger partial charge in [0.15, 0.2) is 9.49 Å². The molecule has 3 aliphatic heterocycles. The number of esters is 3. The largest absolute Gasteiger partial charge is 0.508 e. The molecular weight excluding hydrogens is 1180 g/mol. The Bertz CT molecular complexity index is 2900. The number of hydrogen-bond donors (Lipinski definition) is 0. The first-order valence-electron chi connectivity index (χ1n) is 27.3. The molecule has 0 amide bonds. The normalized spacial score (nSPS) is 35.4. The molecule has 16 atom stereocenters. The highest BCUT2D eigenvalue weighted by Gasteiger charge is 2.83. The summed E-state index contributed by atoms with van der Waals surface area (Å²) in [5, 5.41) is 8.50. The molecule has 6 aliphatic carbocycles. The van der Waals surface area contributed by atoms with Crippen molar-refractivity contribution in [3.63, 3.8) is 0 Å². The van der Waals surface area contributed by atoms with Crippen molar-refractivity contribution in [2.75, 3.05) is 46.3 Å². The molecule has 6 bridgehead atoms. The Balaban J connectivity index is 0.000000179. The van der Waals surface area contributed by atoms with E-state index in [4.69, 9.17) is 55.2 Å². The maximum Gasteiger partial charge on any atom is 0.508 e. The summed E-state index contributed by atoms with van der Waals surface area (Å²) in [6.45, 7) is 14.1. The zero-order chi connectivity index (χ0) is 61.8. The lowest BCUT2D eigenvalue weighted by atomic mass is 9.84. The van der Waals surface area contributed by atoms with Gasteiger partial charge in [-0.15, -0.1) is 0 Å². The lowest BCUT2D eigenvalue weighted by molar-refractivity contribution is -0.177. The lowest BCUT2D eigenvalue weighted by Gasteiger charge is -2.33. The van der Waals surface area contributed by atoms with Gasteiger partial charge in [0.05, 0.1) is 34.2 Å². The van der Waals surface area contributed by atoms with Gasteiger partial charge >= 0.3 is 42.6 Å². The predicted molar refractivity (Wildman–Crippen MR) is 270 cm³/mol. The third kappa shape index (κ3) is 12.1. The van der Waals surface area contributed by atoms with Crippen LogP contribution in [0.25, 0.3) is 0 Å². The Kier molecular flexibility index (Phi) is 18.8. The van der Waals surface area contributed by atoms with Gasteiger partial charge < -0.3 is 42.6 Å². The summed E-state index contributed by atoms with van der Waals surface area (Å²) in [6, 6.07) is 1.90. The number of rotatable bonds is 19. The minimum atomic E-state index is -4.97. The van der Waals surface area contributed by atoms with Crippen molar-refractivity contribution in [2.45, 2.75) is 171 Å². The Morgan fingerprint density at radius 2 is 0.940 bits per heavy atom. The van der Waals surface area contributed by atoms with Crippen LogP contribution >= 0.6 is 0 Å². The SMILES string of the molecule is CCC(C)(C)C(=O)OCCOC(=O)OC1C2CC3C1OS(=O)(=O)C3(C#N)C2.CCC(C)(C)C(=O)OCCOC(=O)OC1C2CC3C1OS(=O)(=O)C3(C(F)(F)F)C2.CCC(C)(C)C(=O)OCCOC(=O)OC1C2CC3C1OS(=O)(=O)C3C2CF. The van der Waals surface area contributed by atoms with E-state index >= 15 is 0 Å². The van der Waals surface area contributed by atoms with Gasteiger partial charge in [0.2, 0.25) is 0 Å². The number of alkyl halides is 4. The van der Waals surface area contributed by atoms with Crippen LogP contribution in [0, 0.1) is 69.0 Å². The van der Waals surface area contributed by atoms with Gasteiger partial charge in [-0.2, -0.15) is 43.7 Å². The number of carbonyl (C=O) groups excluding carboxylic acids is 6. The molecular formula is C51H71F4NO24S3. The standard InChI is InChI=1S/C17H23F3O8S.C17H25FO8S.C17H23NO8S/c1-4-15(2,3)13(21)25-5-6-26-14(22)27-11-9-7-10-12(11)28-29(23,24)16(10,8-9)17(18,19)20;1-4-17(2,3)15(19)23-5-6-24-16(20)25-12-9-7-10-13(12)26-27(21,22)14(10)11(9)8-18;1-4-16(2,3)14(19)23-5-6-24-15(20)25-12-10-7-11-13(12)26-27(21,22)17(11,8-10)9-18/h9-12H,4-8H2,1-3H3;9-14H,4-8H2,1-3H3;10-13H,4-8H2,1-3H3. The van der Waals surface area contributed by atoms with E-state index in [0.717, 1.165) is 0 Å². The molecule has 3 heterocycles. The van der Waals surface area contributed by atoms with Crippen LogP contribution in [-0.2, 0) is 99.9 Å². The van der Waals surface area contributed by atoms with E-state index in [-0.39, 0.29) is 70.3 Å². The van der Waals surface area contributed by atoms with Crippen LogP contribution in [0.4, 0.5) is 31.9 Å². The molecule has 0 spiro atoms. The van der Waals surface area contributed by atoms with Crippen LogP contribution in [0.15, 0.2) is 0 Å². The molecule has 9 aliphatic rings. The van der Waals surface area contributed by atoms with E-state index in [1.807, 2.05) is 26.8 Å². The maximum absolute atomic E-state index is 13.5. The molecule has 9 rings (SSSR count). The molecule has 83 heavy (non-hydrogen) atoms. The second-order valence-corrected chi connectivity index (χ2v) is 29.5. The predicted octanol–water partition coefficient (Wildman–Crippen LogP) is 5.90. The van der Waals surface area contributed by atoms with E-state index in [9.17, 15) is 76.8 Å². The molecule has 9 fully saturated rings. The molecule has 25 nitrogen and oxygen atoms in total. The highest BCUT2D eigenvalue weighted by atomic mass is 32.2. The minimum Gasteiger partial charge on any atom is -0.462 e. The number of nitrogens with zero attached hydrogens (tertiary/aromatic N) is 1. The monoisotopic (exact) mass is 1250 g/mol. The van der Waals surface area contributed by atoms with Crippen LogP contribution in [0.1, 0.15) is 114 Å². The fourth-order valence-corrected chi connectivity index (χ4v) is 18.5. The van der Waals surface area contributed by atoms with E-state index < -0.39 is 177 Å². The first-order valence-corrected chi connectivity index (χ1v) is 31.6. The van der Waals surface area contributed by atoms with Crippen LogP contribution in [-0.4, -0.2) is 165 Å². The van der Waals surface area contributed by atoms with Crippen LogP contribution in [0.5, 0.6) is 0 Å². The number of nitriles is 1. The van der Waals surface area contributed by atoms with Crippen molar-refractivity contribution in [3.05, 3.63) is 0 Å². The van der Waals surface area contributed by atoms with Crippen LogP contribution in [0.3, 0.4) is 0 Å². The highest BCUT2D eigenvalue weighted by Crippen LogP contribution is 2.67. The first kappa shape index (κ1) is 65.7. The van der Waals surface area contributed by atoms with E-state index in [2.05, 4.69) is 0 Å². The Morgan fingerprint density at radius 1 is 0.542 bits per heavy atom. The van der Waals surface area contributed by atoms with Crippen molar-refractivity contribution in [1.82, 2.24) is 0 Å². The summed E-state index contributed by atoms with van der Waals surface area (Å²) < 4.78 is 182. The van der Waals surface area contributed by atoms with E-state index in [0.29, 0.717) is 32.1 Å². The third-order valence-electron chi connectivity index (χ3n) is 18.3. The molecule has 470 valence electrons. The van der Waals surface area contributed by atoms with Gasteiger partial charge in [0.1, 0.15) is 76.3 Å². The highest BCUT2D eigenvalue weighted by molar-refractivity contribution is 7.89. The Morgan fingerprint density at radius 3 is 1.36 bits per heavy atom. The number of hydrogen-bond acceptors (Lipinski definition) is 25. The number of ether oxygens (including phenoxy) is 9. The molecule has 3 saturated heterocycles. The second kappa shape index (κ2) is 23.8. The zero-order valence-corrected chi connectivity index (χ0v) is 49.6. The molecule has 6 saturated carbocycles. The summed E-state index contributed by atoms with van der Waals surface area (Å²) in [7, 11) is -12.7. The molecule has 0 aromatic heterocycles. The molecule has 16 unspecified atom stereocenters. The summed E-state index contributed by atoms with van der Waals surface area (Å²) in [5.74, 6) is -5.57. The lowest BCUT2D eigenvalue weighted by Crippen LogP contribution is -2.54. The van der Waals surface area contributed by atoms with Gasteiger partial charge in [-0.3, -0.25) is 31.3 Å². The van der Waals surface area contributed by atoms with Gasteiger partial charge in [-0.25, -0.2) is 14.4 Å². The fraction of sp³-hybridized carbons (Fsp3) is 0.863. The van der Waals surface area contributed by atoms with Gasteiger partial charge in [0, 0.05) is 41.4 Å². The smallest absolute Gasteiger partial charge is 0.462 e. The zero-order valence-electron chi connectivity index (χ0n) is 47.2. The van der Waals surface area contributed by atoms with Gasteiger partial charge in [-0.05, 0) is 92.9 Å². The average molecular weight is 1250 g/mol. The molecule has 0 aromatic carbocycles. The number of fused-ring (bicyclic) bond motifs is 3. The topological polar surface area (TPSA) is 339 Å². The molecule has 0 N–H and O–H groups in total. The van der Waals surface area contributed by atoms with Crippen molar-refractivity contribution < 1.29 is 127 Å². The molecule has 0 radical (unpaired) electrons. The first-order chi connectivity index (χ1) is 38.5. The van der Waals surface area contributed by atoms with Crippen LogP contribution < -0.4 is 0 Å². The fourth-order valence-electron chi connectivity index (χ4n) is 12.6. The Hall–Kier alpha value is -4.84. The van der Waals surface area contributed by atoms with Crippen molar-refractivity contribution in [3.8, 4) is 6.07 Å². The summed E-state index contributed by atoms with van der Waals surface area (Å²) >= 11 is 0. The number of carbonyl (C=O) groups is 6. The second-order valence-electron chi connectivity index (χ2n) is 24.1. The minimum absolute atomic E-state index is 0.0644. The Labute approximate surface area is 478 Å². The van der Waals surface area contributed by atoms with E-state index in [1.165, 1.54) is 0 Å². The summed E-state index contributed by atoms with van der Waals surface area (Å²) in [4.78, 5) is 71.1. The number of halogens is 4. The van der Waals surface area contributed by atoms with Gasteiger partial charge in [-0.1, -0.05) is 20.8 Å². The summed E-state index contributed by atoms with van der Waals surface area (Å²) in [5.41, 5.74) is -1.91. The van der Waals surface area contributed by atoms with Crippen molar-refractivity contribution in [1.29, 1.82) is 5.26 Å².